The molecule has 5 heteroatoms. The van der Waals surface area contributed by atoms with Crippen molar-refractivity contribution in [1.29, 1.82) is 0 Å². The highest BCUT2D eigenvalue weighted by Crippen LogP contribution is 2.13. The van der Waals surface area contributed by atoms with E-state index in [4.69, 9.17) is 9.47 Å². The summed E-state index contributed by atoms with van der Waals surface area (Å²) in [6, 6.07) is 0. The summed E-state index contributed by atoms with van der Waals surface area (Å²) in [6.45, 7) is 1.47. The highest BCUT2D eigenvalue weighted by molar-refractivity contribution is 7.99. The van der Waals surface area contributed by atoms with E-state index in [0.717, 1.165) is 25.2 Å². The molecule has 0 aromatic rings. The zero-order chi connectivity index (χ0) is 10.9. The first-order valence-electron chi connectivity index (χ1n) is 5.34. The Bertz CT molecular complexity index is 184. The van der Waals surface area contributed by atoms with Crippen LogP contribution in [-0.4, -0.2) is 44.0 Å². The maximum Gasteiger partial charge on any atom is 0.229 e. The molecular weight excluding hydrogens is 214 g/mol. The molecule has 0 radical (unpaired) electrons. The molecule has 1 saturated heterocycles. The van der Waals surface area contributed by atoms with E-state index in [9.17, 15) is 4.79 Å². The molecule has 1 N–H and O–H groups in total. The second-order valence-corrected chi connectivity index (χ2v) is 4.50. The number of carbonyl (C=O) groups excluding carboxylic acids is 1. The molecular formula is C10H19NO3S. The Labute approximate surface area is 95.1 Å². The van der Waals surface area contributed by atoms with Crippen LogP contribution in [0.3, 0.4) is 0 Å². The van der Waals surface area contributed by atoms with Crippen LogP contribution in [0.2, 0.25) is 0 Å². The van der Waals surface area contributed by atoms with Crippen molar-refractivity contribution in [3.8, 4) is 0 Å². The van der Waals surface area contributed by atoms with Gasteiger partial charge in [-0.05, 0) is 19.3 Å². The summed E-state index contributed by atoms with van der Waals surface area (Å²) in [5.74, 6) is 1.41. The summed E-state index contributed by atoms with van der Waals surface area (Å²) in [4.78, 5) is 10.9. The molecule has 88 valence electrons. The van der Waals surface area contributed by atoms with Crippen LogP contribution in [0.5, 0.6) is 0 Å². The molecule has 1 aliphatic heterocycles. The lowest BCUT2D eigenvalue weighted by molar-refractivity contribution is -0.158. The van der Waals surface area contributed by atoms with Gasteiger partial charge in [0.1, 0.15) is 0 Å². The van der Waals surface area contributed by atoms with Gasteiger partial charge in [0.2, 0.25) is 5.91 Å². The van der Waals surface area contributed by atoms with Crippen molar-refractivity contribution in [2.45, 2.75) is 25.6 Å². The quantitative estimate of drug-likeness (QED) is 0.696. The van der Waals surface area contributed by atoms with E-state index in [2.05, 4.69) is 5.32 Å². The van der Waals surface area contributed by atoms with Crippen LogP contribution >= 0.6 is 11.8 Å². The Kier molecular flexibility index (Phi) is 6.80. The molecule has 0 spiro atoms. The molecule has 0 bridgehead atoms. The van der Waals surface area contributed by atoms with Crippen LogP contribution in [0.1, 0.15) is 19.3 Å². The van der Waals surface area contributed by atoms with Crippen LogP contribution in [0.25, 0.3) is 0 Å². The number of hydrogen-bond acceptors (Lipinski definition) is 4. The van der Waals surface area contributed by atoms with Crippen molar-refractivity contribution >= 4 is 17.7 Å². The number of nitrogens with one attached hydrogen (secondary N) is 1. The van der Waals surface area contributed by atoms with Crippen molar-refractivity contribution in [3.63, 3.8) is 0 Å². The van der Waals surface area contributed by atoms with Crippen LogP contribution in [0.15, 0.2) is 0 Å². The summed E-state index contributed by atoms with van der Waals surface area (Å²) in [7, 11) is 1.65. The van der Waals surface area contributed by atoms with Crippen molar-refractivity contribution in [1.82, 2.24) is 5.32 Å². The third kappa shape index (κ3) is 6.02. The highest BCUT2D eigenvalue weighted by atomic mass is 32.2. The van der Waals surface area contributed by atoms with E-state index in [-0.39, 0.29) is 12.2 Å². The van der Waals surface area contributed by atoms with Gasteiger partial charge in [0.15, 0.2) is 6.29 Å². The molecule has 1 heterocycles. The van der Waals surface area contributed by atoms with E-state index >= 15 is 0 Å². The molecule has 1 atom stereocenters. The van der Waals surface area contributed by atoms with Gasteiger partial charge >= 0.3 is 0 Å². The molecule has 1 fully saturated rings. The van der Waals surface area contributed by atoms with E-state index in [1.165, 1.54) is 6.42 Å². The van der Waals surface area contributed by atoms with Crippen LogP contribution in [0.4, 0.5) is 0 Å². The van der Waals surface area contributed by atoms with Gasteiger partial charge in [-0.25, -0.2) is 0 Å². The van der Waals surface area contributed by atoms with Gasteiger partial charge in [-0.15, -0.1) is 11.8 Å². The molecule has 0 aliphatic carbocycles. The van der Waals surface area contributed by atoms with E-state index in [1.54, 1.807) is 18.8 Å². The zero-order valence-corrected chi connectivity index (χ0v) is 9.98. The number of hydrogen-bond donors (Lipinski definition) is 1. The number of ether oxygens (including phenoxy) is 2. The molecule has 0 aromatic carbocycles. The lowest BCUT2D eigenvalue weighted by Gasteiger charge is -2.22. The largest absolute Gasteiger partial charge is 0.358 e. The molecule has 0 aromatic heterocycles. The van der Waals surface area contributed by atoms with Crippen molar-refractivity contribution < 1.29 is 14.3 Å². The van der Waals surface area contributed by atoms with Gasteiger partial charge in [0.25, 0.3) is 0 Å². The SMILES string of the molecule is CNC(=O)CSCCOC1CCCCO1. The summed E-state index contributed by atoms with van der Waals surface area (Å²) in [5.41, 5.74) is 0. The Morgan fingerprint density at radius 3 is 3.13 bits per heavy atom. The summed E-state index contributed by atoms with van der Waals surface area (Å²) >= 11 is 1.58. The Balaban J connectivity index is 1.89. The van der Waals surface area contributed by atoms with Gasteiger partial charge in [0.05, 0.1) is 12.4 Å². The van der Waals surface area contributed by atoms with Gasteiger partial charge in [-0.1, -0.05) is 0 Å². The average Bonchev–Trinajstić information content (AvgIpc) is 2.29. The highest BCUT2D eigenvalue weighted by Gasteiger charge is 2.13. The molecule has 0 saturated carbocycles. The lowest BCUT2D eigenvalue weighted by Crippen LogP contribution is -2.24. The Morgan fingerprint density at radius 2 is 2.47 bits per heavy atom. The standard InChI is InChI=1S/C10H19NO3S/c1-11-9(12)8-15-7-6-14-10-4-2-3-5-13-10/h10H,2-8H2,1H3,(H,11,12). The van der Waals surface area contributed by atoms with Crippen molar-refractivity contribution in [2.75, 3.05) is 31.8 Å². The smallest absolute Gasteiger partial charge is 0.229 e. The summed E-state index contributed by atoms with van der Waals surface area (Å²) in [6.07, 6.45) is 3.32. The minimum absolute atomic E-state index is 0.0145. The van der Waals surface area contributed by atoms with E-state index in [1.807, 2.05) is 0 Å². The Hall–Kier alpha value is -0.260. The fourth-order valence-corrected chi connectivity index (χ4v) is 2.01. The first-order chi connectivity index (χ1) is 7.33. The molecule has 1 amide bonds. The molecule has 15 heavy (non-hydrogen) atoms. The maximum atomic E-state index is 10.9. The van der Waals surface area contributed by atoms with E-state index < -0.39 is 0 Å². The first-order valence-corrected chi connectivity index (χ1v) is 6.50. The average molecular weight is 233 g/mol. The fraction of sp³-hybridized carbons (Fsp3) is 0.900. The number of amides is 1. The lowest BCUT2D eigenvalue weighted by atomic mass is 10.2. The van der Waals surface area contributed by atoms with Crippen LogP contribution in [0, 0.1) is 0 Å². The molecule has 1 unspecified atom stereocenters. The minimum atomic E-state index is -0.0145. The van der Waals surface area contributed by atoms with Crippen molar-refractivity contribution in [3.05, 3.63) is 0 Å². The van der Waals surface area contributed by atoms with Gasteiger partial charge in [-0.3, -0.25) is 4.79 Å². The van der Waals surface area contributed by atoms with Crippen molar-refractivity contribution in [2.24, 2.45) is 0 Å². The zero-order valence-electron chi connectivity index (χ0n) is 9.16. The van der Waals surface area contributed by atoms with Gasteiger partial charge in [-0.2, -0.15) is 0 Å². The monoisotopic (exact) mass is 233 g/mol. The van der Waals surface area contributed by atoms with Gasteiger partial charge < -0.3 is 14.8 Å². The summed E-state index contributed by atoms with van der Waals surface area (Å²) in [5, 5.41) is 2.58. The predicted octanol–water partition coefficient (Wildman–Crippen LogP) is 1.01. The second kappa shape index (κ2) is 7.96. The summed E-state index contributed by atoms with van der Waals surface area (Å²) < 4.78 is 10.9. The fourth-order valence-electron chi connectivity index (χ4n) is 1.32. The maximum absolute atomic E-state index is 10.9. The first kappa shape index (κ1) is 12.8. The number of rotatable bonds is 6. The van der Waals surface area contributed by atoms with Crippen LogP contribution in [-0.2, 0) is 14.3 Å². The third-order valence-corrected chi connectivity index (χ3v) is 3.10. The number of carbonyl (C=O) groups is 1. The topological polar surface area (TPSA) is 47.6 Å². The molecule has 1 rings (SSSR count). The second-order valence-electron chi connectivity index (χ2n) is 3.39. The molecule has 1 aliphatic rings. The third-order valence-electron chi connectivity index (χ3n) is 2.18. The van der Waals surface area contributed by atoms with E-state index in [0.29, 0.717) is 12.4 Å². The van der Waals surface area contributed by atoms with Crippen LogP contribution < -0.4 is 5.32 Å². The minimum Gasteiger partial charge on any atom is -0.358 e. The normalized spacial score (nSPS) is 21.3. The predicted molar refractivity (Wildman–Crippen MR) is 60.9 cm³/mol. The molecule has 4 nitrogen and oxygen atoms in total. The van der Waals surface area contributed by atoms with Gasteiger partial charge in [0, 0.05) is 19.4 Å². The Morgan fingerprint density at radius 1 is 1.60 bits per heavy atom. The number of thioether (sulfide) groups is 1.